The molecule has 2 fully saturated rings. The van der Waals surface area contributed by atoms with Crippen LogP contribution in [0.1, 0.15) is 77.7 Å². The summed E-state index contributed by atoms with van der Waals surface area (Å²) in [5.41, 5.74) is 5.51. The molecule has 4 amide bonds. The average Bonchev–Trinajstić information content (AvgIpc) is 3.42. The van der Waals surface area contributed by atoms with Gasteiger partial charge in [0.15, 0.2) is 0 Å². The Kier molecular flexibility index (Phi) is 13.7. The van der Waals surface area contributed by atoms with Crippen molar-refractivity contribution in [2.24, 2.45) is 17.6 Å². The number of nitrogens with one attached hydrogen (secondary N) is 3. The Hall–Kier alpha value is -3.99. The van der Waals surface area contributed by atoms with Crippen LogP contribution in [-0.2, 0) is 29.3 Å². The van der Waals surface area contributed by atoms with E-state index in [0.717, 1.165) is 37.7 Å². The SMILES string of the molecule is C=C(/C=C\C=C(/C)F)[C@H](OC(=O)N[C@@H](CC1CCCCC1)C(=O)N[C@@H](C[C@@H]1CCNC1=O)C(=O)C(N)=O)C(C)(C)c1cccc(Cl)c1. The van der Waals surface area contributed by atoms with E-state index < -0.39 is 59.0 Å². The highest BCUT2D eigenvalue weighted by atomic mass is 35.5. The molecule has 5 N–H and O–H groups in total. The minimum Gasteiger partial charge on any atom is -0.440 e. The quantitative estimate of drug-likeness (QED) is 0.150. The summed E-state index contributed by atoms with van der Waals surface area (Å²) in [4.78, 5) is 64.2. The van der Waals surface area contributed by atoms with E-state index in [4.69, 9.17) is 22.1 Å². The Balaban J connectivity index is 1.88. The van der Waals surface area contributed by atoms with E-state index in [-0.39, 0.29) is 24.7 Å². The van der Waals surface area contributed by atoms with E-state index in [1.165, 1.54) is 19.1 Å². The van der Waals surface area contributed by atoms with Crippen molar-refractivity contribution in [2.75, 3.05) is 6.54 Å². The van der Waals surface area contributed by atoms with Crippen molar-refractivity contribution in [1.29, 1.82) is 0 Å². The third-order valence-corrected chi connectivity index (χ3v) is 9.12. The molecule has 10 nitrogen and oxygen atoms in total. The number of nitrogens with two attached hydrogens (primary N) is 1. The minimum atomic E-state index is -1.34. The maximum atomic E-state index is 13.8. The monoisotopic (exact) mass is 672 g/mol. The molecule has 1 aliphatic carbocycles. The van der Waals surface area contributed by atoms with Gasteiger partial charge in [0, 0.05) is 22.9 Å². The molecule has 1 saturated heterocycles. The molecular formula is C35H46ClFN4O6. The number of alkyl carbamates (subject to hydrolysis) is 1. The first kappa shape index (κ1) is 37.5. The zero-order chi connectivity index (χ0) is 34.7. The second-order valence-corrected chi connectivity index (χ2v) is 13.4. The van der Waals surface area contributed by atoms with Crippen molar-refractivity contribution in [1.82, 2.24) is 16.0 Å². The fourth-order valence-corrected chi connectivity index (χ4v) is 6.41. The number of ketones is 1. The number of hydrogen-bond acceptors (Lipinski definition) is 6. The van der Waals surface area contributed by atoms with Crippen LogP contribution in [0, 0.1) is 11.8 Å². The molecule has 3 rings (SSSR count). The number of carbonyl (C=O) groups is 5. The highest BCUT2D eigenvalue weighted by Crippen LogP contribution is 2.35. The summed E-state index contributed by atoms with van der Waals surface area (Å²) in [5.74, 6) is -4.11. The maximum Gasteiger partial charge on any atom is 0.408 e. The maximum absolute atomic E-state index is 13.8. The lowest BCUT2D eigenvalue weighted by Crippen LogP contribution is -2.55. The van der Waals surface area contributed by atoms with Gasteiger partial charge in [-0.3, -0.25) is 19.2 Å². The summed E-state index contributed by atoms with van der Waals surface area (Å²) in [6, 6.07) is 4.61. The van der Waals surface area contributed by atoms with Crippen LogP contribution in [-0.4, -0.2) is 54.3 Å². The topological polar surface area (TPSA) is 157 Å². The van der Waals surface area contributed by atoms with Crippen LogP contribution < -0.4 is 21.7 Å². The van der Waals surface area contributed by atoms with Gasteiger partial charge in [-0.05, 0) is 61.4 Å². The van der Waals surface area contributed by atoms with Crippen molar-refractivity contribution >= 4 is 41.2 Å². The van der Waals surface area contributed by atoms with E-state index in [1.807, 2.05) is 19.9 Å². The minimum absolute atomic E-state index is 0.102. The predicted octanol–water partition coefficient (Wildman–Crippen LogP) is 5.10. The van der Waals surface area contributed by atoms with Gasteiger partial charge in [-0.15, -0.1) is 0 Å². The number of allylic oxidation sites excluding steroid dienone is 3. The molecule has 0 aromatic heterocycles. The molecular weight excluding hydrogens is 627 g/mol. The number of primary amides is 1. The van der Waals surface area contributed by atoms with Gasteiger partial charge in [-0.2, -0.15) is 0 Å². The highest BCUT2D eigenvalue weighted by Gasteiger charge is 2.38. The van der Waals surface area contributed by atoms with Gasteiger partial charge >= 0.3 is 6.09 Å². The van der Waals surface area contributed by atoms with Gasteiger partial charge in [0.2, 0.25) is 17.6 Å². The van der Waals surface area contributed by atoms with Gasteiger partial charge in [-0.25, -0.2) is 9.18 Å². The molecule has 256 valence electrons. The second kappa shape index (κ2) is 17.2. The van der Waals surface area contributed by atoms with E-state index >= 15 is 0 Å². The first-order chi connectivity index (χ1) is 22.2. The molecule has 12 heteroatoms. The van der Waals surface area contributed by atoms with Crippen LogP contribution in [0.3, 0.4) is 0 Å². The first-order valence-corrected chi connectivity index (χ1v) is 16.4. The van der Waals surface area contributed by atoms with Crippen molar-refractivity contribution in [2.45, 2.75) is 95.7 Å². The Morgan fingerprint density at radius 1 is 1.13 bits per heavy atom. The molecule has 2 aliphatic rings. The lowest BCUT2D eigenvalue weighted by Gasteiger charge is -2.35. The highest BCUT2D eigenvalue weighted by molar-refractivity contribution is 6.38. The lowest BCUT2D eigenvalue weighted by molar-refractivity contribution is -0.139. The Morgan fingerprint density at radius 2 is 1.83 bits per heavy atom. The summed E-state index contributed by atoms with van der Waals surface area (Å²) in [7, 11) is 0. The standard InChI is InChI=1S/C35H46ClFN4O6/c1-21(10-8-11-22(2)37)30(35(3,4)25-14-9-15-26(36)20-25)47-34(46)41-28(18-23-12-6-5-7-13-23)33(45)40-27(29(42)31(38)43)19-24-16-17-39-32(24)44/h8-11,14-15,20,23-24,27-28,30H,1,5-7,12-13,16-19H2,2-4H3,(H2,38,43)(H,39,44)(H,40,45)(H,41,46)/b10-8-,22-11+/t24-,27-,28-,30-/m0/s1. The van der Waals surface area contributed by atoms with Gasteiger partial charge in [-0.1, -0.05) is 88.4 Å². The molecule has 1 saturated carbocycles. The van der Waals surface area contributed by atoms with Gasteiger partial charge < -0.3 is 26.4 Å². The molecule has 47 heavy (non-hydrogen) atoms. The van der Waals surface area contributed by atoms with Crippen molar-refractivity contribution < 1.29 is 33.1 Å². The van der Waals surface area contributed by atoms with Crippen LogP contribution in [0.5, 0.6) is 0 Å². The normalized spacial score (nSPS) is 19.4. The number of Topliss-reactive ketones (excluding diaryl/α,β-unsaturated/α-hetero) is 1. The van der Waals surface area contributed by atoms with E-state index in [1.54, 1.807) is 24.3 Å². The van der Waals surface area contributed by atoms with Crippen molar-refractivity contribution in [3.63, 3.8) is 0 Å². The summed E-state index contributed by atoms with van der Waals surface area (Å²) in [6.07, 6.45) is 7.73. The molecule has 0 bridgehead atoms. The number of carbonyl (C=O) groups excluding carboxylic acids is 5. The third-order valence-electron chi connectivity index (χ3n) is 8.88. The predicted molar refractivity (Wildman–Crippen MR) is 178 cm³/mol. The Labute approximate surface area is 280 Å². The summed E-state index contributed by atoms with van der Waals surface area (Å²) >= 11 is 6.27. The molecule has 1 heterocycles. The van der Waals surface area contributed by atoms with Crippen LogP contribution in [0.2, 0.25) is 5.02 Å². The third kappa shape index (κ3) is 11.1. The summed E-state index contributed by atoms with van der Waals surface area (Å²) < 4.78 is 19.4. The Bertz CT molecular complexity index is 1400. The number of ether oxygens (including phenoxy) is 1. The molecule has 0 radical (unpaired) electrons. The fourth-order valence-electron chi connectivity index (χ4n) is 6.22. The first-order valence-electron chi connectivity index (χ1n) is 16.0. The molecule has 0 unspecified atom stereocenters. The van der Waals surface area contributed by atoms with Crippen molar-refractivity contribution in [3.8, 4) is 0 Å². The molecule has 1 aromatic carbocycles. The van der Waals surface area contributed by atoms with Gasteiger partial charge in [0.25, 0.3) is 5.91 Å². The smallest absolute Gasteiger partial charge is 0.408 e. The fraction of sp³-hybridized carbons (Fsp3) is 0.514. The molecule has 1 aliphatic heterocycles. The van der Waals surface area contributed by atoms with E-state index in [2.05, 4.69) is 22.5 Å². The second-order valence-electron chi connectivity index (χ2n) is 12.9. The van der Waals surface area contributed by atoms with Crippen LogP contribution >= 0.6 is 11.6 Å². The number of halogens is 2. The zero-order valence-corrected chi connectivity index (χ0v) is 28.0. The number of amides is 4. The van der Waals surface area contributed by atoms with E-state index in [0.29, 0.717) is 23.6 Å². The number of rotatable bonds is 15. The molecule has 1 aromatic rings. The summed E-state index contributed by atoms with van der Waals surface area (Å²) in [6.45, 7) is 9.49. The van der Waals surface area contributed by atoms with Crippen LogP contribution in [0.4, 0.5) is 9.18 Å². The number of benzene rings is 1. The van der Waals surface area contributed by atoms with Gasteiger partial charge in [0.1, 0.15) is 12.1 Å². The van der Waals surface area contributed by atoms with Gasteiger partial charge in [0.05, 0.1) is 11.9 Å². The average molecular weight is 673 g/mol. The van der Waals surface area contributed by atoms with Crippen LogP contribution in [0.15, 0.2) is 60.5 Å². The van der Waals surface area contributed by atoms with Crippen LogP contribution in [0.25, 0.3) is 0 Å². The Morgan fingerprint density at radius 3 is 2.43 bits per heavy atom. The molecule has 0 spiro atoms. The lowest BCUT2D eigenvalue weighted by atomic mass is 9.76. The zero-order valence-electron chi connectivity index (χ0n) is 27.3. The molecule has 4 atom stereocenters. The van der Waals surface area contributed by atoms with Crippen molar-refractivity contribution in [3.05, 3.63) is 71.1 Å². The summed E-state index contributed by atoms with van der Waals surface area (Å²) in [5, 5.41) is 8.44. The van der Waals surface area contributed by atoms with E-state index in [9.17, 15) is 28.4 Å². The largest absolute Gasteiger partial charge is 0.440 e. The number of hydrogen-bond donors (Lipinski definition) is 4.